The summed E-state index contributed by atoms with van der Waals surface area (Å²) in [7, 11) is 1.66. The Bertz CT molecular complexity index is 1450. The highest BCUT2D eigenvalue weighted by atomic mass is 16.5. The summed E-state index contributed by atoms with van der Waals surface area (Å²) < 4.78 is 8.88. The molecule has 156 valence electrons. The molecule has 0 radical (unpaired) electrons. The van der Waals surface area contributed by atoms with Gasteiger partial charge in [0.05, 0.1) is 17.6 Å². The van der Waals surface area contributed by atoms with Gasteiger partial charge in [0, 0.05) is 20.3 Å². The van der Waals surface area contributed by atoms with Crippen LogP contribution in [0.5, 0.6) is 0 Å². The molecule has 0 saturated carbocycles. The molecule has 2 aromatic carbocycles. The van der Waals surface area contributed by atoms with Crippen molar-refractivity contribution in [2.75, 3.05) is 13.7 Å². The van der Waals surface area contributed by atoms with Gasteiger partial charge in [0.2, 0.25) is 0 Å². The van der Waals surface area contributed by atoms with Crippen molar-refractivity contribution in [1.82, 2.24) is 24.1 Å². The molecule has 0 atom stereocenters. The number of benzene rings is 2. The van der Waals surface area contributed by atoms with Crippen molar-refractivity contribution >= 4 is 33.2 Å². The Hall–Kier alpha value is -3.58. The molecule has 7 heteroatoms. The molecule has 0 bridgehead atoms. The van der Waals surface area contributed by atoms with Gasteiger partial charge in [0.1, 0.15) is 16.7 Å². The van der Waals surface area contributed by atoms with Gasteiger partial charge in [-0.1, -0.05) is 42.5 Å². The third-order valence-electron chi connectivity index (χ3n) is 5.55. The van der Waals surface area contributed by atoms with Crippen LogP contribution in [0.15, 0.2) is 59.4 Å². The van der Waals surface area contributed by atoms with E-state index in [-0.39, 0.29) is 5.56 Å². The maximum absolute atomic E-state index is 13.6. The largest absolute Gasteiger partial charge is 0.385 e. The van der Waals surface area contributed by atoms with E-state index in [1.54, 1.807) is 11.7 Å². The third-order valence-corrected chi connectivity index (χ3v) is 5.55. The van der Waals surface area contributed by atoms with E-state index in [9.17, 15) is 4.79 Å². The molecule has 0 unspecified atom stereocenters. The van der Waals surface area contributed by atoms with Gasteiger partial charge in [0.25, 0.3) is 5.56 Å². The Morgan fingerprint density at radius 3 is 2.32 bits per heavy atom. The van der Waals surface area contributed by atoms with E-state index in [1.807, 2.05) is 54.0 Å². The lowest BCUT2D eigenvalue weighted by atomic mass is 10.2. The van der Waals surface area contributed by atoms with Crippen LogP contribution in [-0.4, -0.2) is 37.8 Å². The standard InChI is InChI=1S/C24H23N5O2/c1-16-25-22-20(24(30)28(16)13-8-14-31-2)21-23(27-19-12-7-6-11-18(19)26-21)29(22)15-17-9-4-3-5-10-17/h3-7,9-12H,8,13-15H2,1-2H3. The van der Waals surface area contributed by atoms with Crippen molar-refractivity contribution in [2.45, 2.75) is 26.4 Å². The lowest BCUT2D eigenvalue weighted by Crippen LogP contribution is -2.24. The zero-order valence-electron chi connectivity index (χ0n) is 17.6. The summed E-state index contributed by atoms with van der Waals surface area (Å²) in [5, 5.41) is 0.521. The summed E-state index contributed by atoms with van der Waals surface area (Å²) in [6, 6.07) is 17.8. The van der Waals surface area contributed by atoms with E-state index in [0.29, 0.717) is 47.7 Å². The predicted molar refractivity (Wildman–Crippen MR) is 121 cm³/mol. The molecule has 0 saturated heterocycles. The van der Waals surface area contributed by atoms with Crippen molar-refractivity contribution in [3.63, 3.8) is 0 Å². The van der Waals surface area contributed by atoms with Gasteiger partial charge in [-0.05, 0) is 31.0 Å². The quantitative estimate of drug-likeness (QED) is 0.397. The summed E-state index contributed by atoms with van der Waals surface area (Å²) >= 11 is 0. The molecule has 0 aliphatic carbocycles. The number of nitrogens with zero attached hydrogens (tertiary/aromatic N) is 5. The Kier molecular flexibility index (Phi) is 4.95. The van der Waals surface area contributed by atoms with Gasteiger partial charge in [0.15, 0.2) is 11.3 Å². The van der Waals surface area contributed by atoms with E-state index in [1.165, 1.54) is 0 Å². The number of para-hydroxylation sites is 2. The third kappa shape index (κ3) is 3.37. The average molecular weight is 413 g/mol. The summed E-state index contributed by atoms with van der Waals surface area (Å²) in [6.07, 6.45) is 0.738. The van der Waals surface area contributed by atoms with Crippen LogP contribution < -0.4 is 5.56 Å². The Morgan fingerprint density at radius 1 is 0.871 bits per heavy atom. The Morgan fingerprint density at radius 2 is 1.58 bits per heavy atom. The lowest BCUT2D eigenvalue weighted by Gasteiger charge is -2.10. The highest BCUT2D eigenvalue weighted by Gasteiger charge is 2.21. The van der Waals surface area contributed by atoms with E-state index in [0.717, 1.165) is 23.0 Å². The summed E-state index contributed by atoms with van der Waals surface area (Å²) in [5.41, 5.74) is 4.49. The number of hydrogen-bond acceptors (Lipinski definition) is 5. The molecule has 5 rings (SSSR count). The van der Waals surface area contributed by atoms with Gasteiger partial charge in [-0.2, -0.15) is 0 Å². The molecule has 0 amide bonds. The van der Waals surface area contributed by atoms with Crippen LogP contribution in [0, 0.1) is 6.92 Å². The highest BCUT2D eigenvalue weighted by Crippen LogP contribution is 2.26. The van der Waals surface area contributed by atoms with Crippen molar-refractivity contribution in [3.8, 4) is 0 Å². The van der Waals surface area contributed by atoms with Gasteiger partial charge in [-0.25, -0.2) is 15.0 Å². The maximum atomic E-state index is 13.6. The topological polar surface area (TPSA) is 74.8 Å². The maximum Gasteiger partial charge on any atom is 0.265 e. The summed E-state index contributed by atoms with van der Waals surface area (Å²) in [6.45, 7) is 3.57. The molecule has 7 nitrogen and oxygen atoms in total. The van der Waals surface area contributed by atoms with Crippen LogP contribution in [0.2, 0.25) is 0 Å². The minimum atomic E-state index is -0.0833. The number of rotatable bonds is 6. The fourth-order valence-corrected chi connectivity index (χ4v) is 4.04. The molecule has 0 spiro atoms. The van der Waals surface area contributed by atoms with Crippen LogP contribution in [0.1, 0.15) is 17.8 Å². The molecule has 0 N–H and O–H groups in total. The van der Waals surface area contributed by atoms with Crippen molar-refractivity contribution < 1.29 is 4.74 Å². The van der Waals surface area contributed by atoms with Crippen LogP contribution in [0.4, 0.5) is 0 Å². The number of hydrogen-bond donors (Lipinski definition) is 0. The first-order valence-electron chi connectivity index (χ1n) is 10.4. The van der Waals surface area contributed by atoms with Gasteiger partial charge in [-0.3, -0.25) is 9.36 Å². The second-order valence-electron chi connectivity index (χ2n) is 7.62. The van der Waals surface area contributed by atoms with Crippen molar-refractivity contribution in [2.24, 2.45) is 0 Å². The number of aromatic nitrogens is 5. The average Bonchev–Trinajstić information content (AvgIpc) is 3.07. The van der Waals surface area contributed by atoms with E-state index in [2.05, 4.69) is 12.1 Å². The first-order chi connectivity index (χ1) is 15.2. The van der Waals surface area contributed by atoms with E-state index in [4.69, 9.17) is 19.7 Å². The van der Waals surface area contributed by atoms with Crippen molar-refractivity contribution in [3.05, 3.63) is 76.3 Å². The second-order valence-corrected chi connectivity index (χ2v) is 7.62. The SMILES string of the molecule is COCCCn1c(C)nc2c(c1=O)c1nc3ccccc3nc1n2Cc1ccccc1. The molecule has 5 aromatic rings. The molecular weight excluding hydrogens is 390 g/mol. The normalized spacial score (nSPS) is 11.7. The minimum Gasteiger partial charge on any atom is -0.385 e. The molecule has 0 fully saturated rings. The molecular formula is C24H23N5O2. The van der Waals surface area contributed by atoms with Crippen molar-refractivity contribution in [1.29, 1.82) is 0 Å². The van der Waals surface area contributed by atoms with E-state index >= 15 is 0 Å². The zero-order chi connectivity index (χ0) is 21.4. The van der Waals surface area contributed by atoms with Crippen LogP contribution in [0.25, 0.3) is 33.2 Å². The number of ether oxygens (including phenoxy) is 1. The Balaban J connectivity index is 1.82. The lowest BCUT2D eigenvalue weighted by molar-refractivity contribution is 0.189. The number of methoxy groups -OCH3 is 1. The summed E-state index contributed by atoms with van der Waals surface area (Å²) in [5.74, 6) is 0.676. The molecule has 3 aromatic heterocycles. The Labute approximate surface area is 179 Å². The second kappa shape index (κ2) is 7.92. The minimum absolute atomic E-state index is 0.0833. The molecule has 31 heavy (non-hydrogen) atoms. The fourth-order valence-electron chi connectivity index (χ4n) is 4.04. The molecule has 0 aliphatic rings. The first-order valence-corrected chi connectivity index (χ1v) is 10.4. The van der Waals surface area contributed by atoms with Crippen LogP contribution >= 0.6 is 0 Å². The first kappa shape index (κ1) is 19.4. The fraction of sp³-hybridized carbons (Fsp3) is 0.250. The number of aryl methyl sites for hydroxylation is 1. The molecule has 3 heterocycles. The van der Waals surface area contributed by atoms with Gasteiger partial charge >= 0.3 is 0 Å². The van der Waals surface area contributed by atoms with Gasteiger partial charge < -0.3 is 9.30 Å². The zero-order valence-corrected chi connectivity index (χ0v) is 17.6. The number of fused-ring (bicyclic) bond motifs is 4. The smallest absolute Gasteiger partial charge is 0.265 e. The van der Waals surface area contributed by atoms with Crippen LogP contribution in [-0.2, 0) is 17.8 Å². The monoisotopic (exact) mass is 413 g/mol. The van der Waals surface area contributed by atoms with E-state index < -0.39 is 0 Å². The molecule has 0 aliphatic heterocycles. The highest BCUT2D eigenvalue weighted by molar-refractivity contribution is 6.04. The van der Waals surface area contributed by atoms with Crippen LogP contribution in [0.3, 0.4) is 0 Å². The van der Waals surface area contributed by atoms with Gasteiger partial charge in [-0.15, -0.1) is 0 Å². The predicted octanol–water partition coefficient (Wildman–Crippen LogP) is 3.69. The summed E-state index contributed by atoms with van der Waals surface area (Å²) in [4.78, 5) is 28.1.